The van der Waals surface area contributed by atoms with Crippen LogP contribution in [-0.4, -0.2) is 44.5 Å². The molecule has 0 N–H and O–H groups in total. The van der Waals surface area contributed by atoms with Gasteiger partial charge in [0, 0.05) is 64.8 Å². The van der Waals surface area contributed by atoms with Crippen LogP contribution in [0.2, 0.25) is 0 Å². The van der Waals surface area contributed by atoms with Crippen molar-refractivity contribution in [1.82, 2.24) is 44.5 Å². The summed E-state index contributed by atoms with van der Waals surface area (Å²) >= 11 is 0. The van der Waals surface area contributed by atoms with E-state index in [1.165, 1.54) is 0 Å². The van der Waals surface area contributed by atoms with Crippen molar-refractivity contribution in [3.05, 3.63) is 128 Å². The molecule has 8 aromatic rings. The van der Waals surface area contributed by atoms with Gasteiger partial charge in [-0.25, -0.2) is 19.5 Å². The Hall–Kier alpha value is -6.22. The highest BCUT2D eigenvalue weighted by Crippen LogP contribution is 2.27. The van der Waals surface area contributed by atoms with Gasteiger partial charge in [0.05, 0.1) is 11.0 Å². The number of aromatic nitrogens is 9. The van der Waals surface area contributed by atoms with Crippen LogP contribution in [-0.2, 0) is 0 Å². The van der Waals surface area contributed by atoms with Crippen molar-refractivity contribution in [2.24, 2.45) is 0 Å². The lowest BCUT2D eigenvalue weighted by Crippen LogP contribution is -2.02. The fraction of sp³-hybridized carbons (Fsp3) is 0. The predicted octanol–water partition coefficient (Wildman–Crippen LogP) is 6.59. The Bertz CT molecular complexity index is 2110. The Morgan fingerprint density at radius 3 is 1.60 bits per heavy atom. The lowest BCUT2D eigenvalue weighted by Gasteiger charge is -2.07. The number of benzene rings is 1. The third-order valence-corrected chi connectivity index (χ3v) is 7.17. The smallest absolute Gasteiger partial charge is 0.184 e. The van der Waals surface area contributed by atoms with Crippen LogP contribution in [0.5, 0.6) is 0 Å². The van der Waals surface area contributed by atoms with Gasteiger partial charge >= 0.3 is 0 Å². The second kappa shape index (κ2) is 10.3. The number of para-hydroxylation sites is 1. The number of pyridine rings is 5. The van der Waals surface area contributed by atoms with Gasteiger partial charge in [0.25, 0.3) is 0 Å². The number of fused-ring (bicyclic) bond motifs is 3. The van der Waals surface area contributed by atoms with E-state index in [0.29, 0.717) is 34.6 Å². The quantitative estimate of drug-likeness (QED) is 0.234. The van der Waals surface area contributed by atoms with E-state index in [0.717, 1.165) is 38.7 Å². The number of hydrogen-bond acceptors (Lipinski definition) is 8. The van der Waals surface area contributed by atoms with Gasteiger partial charge in [-0.1, -0.05) is 48.5 Å². The van der Waals surface area contributed by atoms with Crippen LogP contribution in [0.3, 0.4) is 0 Å². The summed E-state index contributed by atoms with van der Waals surface area (Å²) in [6.45, 7) is 0. The van der Waals surface area contributed by atoms with Gasteiger partial charge in [0.1, 0.15) is 17.1 Å². The molecule has 1 aromatic carbocycles. The molecular formula is C34H21N9. The largest absolute Gasteiger partial charge is 0.264 e. The zero-order valence-corrected chi connectivity index (χ0v) is 22.6. The first-order valence-electron chi connectivity index (χ1n) is 13.7. The summed E-state index contributed by atoms with van der Waals surface area (Å²) < 4.78 is 1.91. The molecule has 0 aliphatic carbocycles. The van der Waals surface area contributed by atoms with Crippen molar-refractivity contribution < 1.29 is 0 Å². The molecule has 0 fully saturated rings. The standard InChI is InChI=1S/C34H21N9/c1-2-8-31-22(5-1)9-12-27-17-30(42-43(27)31)34-40-32(28-13-10-25(20-37-28)23-6-3-15-35-18-23)39-33(41-34)29-14-11-26(21-38-29)24-7-4-16-36-19-24/h1-21H. The van der Waals surface area contributed by atoms with Crippen LogP contribution in [0, 0.1) is 0 Å². The van der Waals surface area contributed by atoms with Gasteiger partial charge < -0.3 is 0 Å². The van der Waals surface area contributed by atoms with Crippen molar-refractivity contribution in [2.75, 3.05) is 0 Å². The first-order chi connectivity index (χ1) is 21.3. The molecule has 9 nitrogen and oxygen atoms in total. The Morgan fingerprint density at radius 1 is 0.465 bits per heavy atom. The number of rotatable bonds is 5. The normalized spacial score (nSPS) is 11.3. The van der Waals surface area contributed by atoms with E-state index in [1.54, 1.807) is 24.8 Å². The highest BCUT2D eigenvalue weighted by molar-refractivity contribution is 5.83. The van der Waals surface area contributed by atoms with Gasteiger partial charge in [0.15, 0.2) is 17.5 Å². The molecule has 0 saturated heterocycles. The zero-order valence-electron chi connectivity index (χ0n) is 22.6. The predicted molar refractivity (Wildman–Crippen MR) is 164 cm³/mol. The molecule has 7 aromatic heterocycles. The summed E-state index contributed by atoms with van der Waals surface area (Å²) in [4.78, 5) is 32.3. The minimum absolute atomic E-state index is 0.429. The minimum Gasteiger partial charge on any atom is -0.264 e. The first-order valence-corrected chi connectivity index (χ1v) is 13.7. The molecule has 0 atom stereocenters. The average molecular weight is 556 g/mol. The molecule has 0 aliphatic rings. The van der Waals surface area contributed by atoms with Gasteiger partial charge in [-0.05, 0) is 42.5 Å². The summed E-state index contributed by atoms with van der Waals surface area (Å²) in [6.07, 6.45) is 10.7. The topological polar surface area (TPSA) is 108 Å². The van der Waals surface area contributed by atoms with E-state index < -0.39 is 0 Å². The maximum absolute atomic E-state index is 4.90. The number of nitrogens with zero attached hydrogens (tertiary/aromatic N) is 9. The minimum atomic E-state index is 0.429. The van der Waals surface area contributed by atoms with Gasteiger partial charge in [-0.3, -0.25) is 19.9 Å². The second-order valence-corrected chi connectivity index (χ2v) is 9.91. The van der Waals surface area contributed by atoms with Crippen LogP contribution in [0.15, 0.2) is 128 Å². The first kappa shape index (κ1) is 24.6. The molecule has 0 unspecified atom stereocenters. The molecule has 8 rings (SSSR count). The molecule has 0 bridgehead atoms. The van der Waals surface area contributed by atoms with Gasteiger partial charge in [0.2, 0.25) is 0 Å². The maximum Gasteiger partial charge on any atom is 0.184 e. The summed E-state index contributed by atoms with van der Waals surface area (Å²) in [5.74, 6) is 1.29. The Kier molecular flexibility index (Phi) is 5.89. The lowest BCUT2D eigenvalue weighted by molar-refractivity contribution is 0.980. The van der Waals surface area contributed by atoms with Crippen LogP contribution >= 0.6 is 0 Å². The maximum atomic E-state index is 4.90. The van der Waals surface area contributed by atoms with Crippen molar-refractivity contribution >= 4 is 16.4 Å². The Morgan fingerprint density at radius 2 is 1.05 bits per heavy atom. The third kappa shape index (κ3) is 4.64. The molecule has 0 aliphatic heterocycles. The van der Waals surface area contributed by atoms with E-state index in [2.05, 4.69) is 22.1 Å². The molecule has 202 valence electrons. The second-order valence-electron chi connectivity index (χ2n) is 9.91. The van der Waals surface area contributed by atoms with Crippen LogP contribution < -0.4 is 0 Å². The highest BCUT2D eigenvalue weighted by atomic mass is 15.2. The van der Waals surface area contributed by atoms with Crippen LogP contribution in [0.4, 0.5) is 0 Å². The monoisotopic (exact) mass is 555 g/mol. The summed E-state index contributed by atoms with van der Waals surface area (Å²) in [6, 6.07) is 29.8. The van der Waals surface area contributed by atoms with Crippen molar-refractivity contribution in [1.29, 1.82) is 0 Å². The lowest BCUT2D eigenvalue weighted by atomic mass is 10.1. The number of hydrogen-bond donors (Lipinski definition) is 0. The van der Waals surface area contributed by atoms with E-state index >= 15 is 0 Å². The summed E-state index contributed by atoms with van der Waals surface area (Å²) in [5.41, 5.74) is 7.65. The molecule has 0 radical (unpaired) electrons. The fourth-order valence-electron chi connectivity index (χ4n) is 4.99. The molecule has 7 heterocycles. The molecule has 9 heteroatoms. The molecule has 0 saturated carbocycles. The van der Waals surface area contributed by atoms with E-state index in [4.69, 9.17) is 30.0 Å². The molecular weight excluding hydrogens is 534 g/mol. The third-order valence-electron chi connectivity index (χ3n) is 7.17. The van der Waals surface area contributed by atoms with Crippen molar-refractivity contribution in [3.8, 4) is 56.8 Å². The summed E-state index contributed by atoms with van der Waals surface area (Å²) in [7, 11) is 0. The summed E-state index contributed by atoms with van der Waals surface area (Å²) in [5, 5.41) is 5.99. The van der Waals surface area contributed by atoms with Crippen molar-refractivity contribution in [3.63, 3.8) is 0 Å². The van der Waals surface area contributed by atoms with Gasteiger partial charge in [-0.2, -0.15) is 5.10 Å². The molecule has 43 heavy (non-hydrogen) atoms. The highest BCUT2D eigenvalue weighted by Gasteiger charge is 2.17. The van der Waals surface area contributed by atoms with Crippen LogP contribution in [0.25, 0.3) is 73.2 Å². The van der Waals surface area contributed by atoms with E-state index in [9.17, 15) is 0 Å². The van der Waals surface area contributed by atoms with E-state index in [-0.39, 0.29) is 0 Å². The fourth-order valence-corrected chi connectivity index (χ4v) is 4.99. The zero-order chi connectivity index (χ0) is 28.6. The van der Waals surface area contributed by atoms with Gasteiger partial charge in [-0.15, -0.1) is 0 Å². The SMILES string of the molecule is c1cncc(-c2ccc(-c3nc(-c4ccc(-c5cccnc5)cn4)nc(-c4cc5ccc6ccccc6n5n4)n3)nc2)c1. The molecule has 0 spiro atoms. The molecule has 0 amide bonds. The average Bonchev–Trinajstić information content (AvgIpc) is 3.54. The Balaban J connectivity index is 1.25. The Labute approximate surface area is 245 Å². The van der Waals surface area contributed by atoms with Crippen LogP contribution in [0.1, 0.15) is 0 Å². The van der Waals surface area contributed by atoms with Crippen molar-refractivity contribution in [2.45, 2.75) is 0 Å². The van der Waals surface area contributed by atoms with E-state index in [1.807, 2.05) is 95.8 Å².